The lowest BCUT2D eigenvalue weighted by Gasteiger charge is -2.08. The van der Waals surface area contributed by atoms with Crippen LogP contribution in [0.2, 0.25) is 0 Å². The molecule has 0 saturated heterocycles. The van der Waals surface area contributed by atoms with Crippen molar-refractivity contribution in [2.45, 2.75) is 122 Å². The second-order valence-electron chi connectivity index (χ2n) is 11.4. The van der Waals surface area contributed by atoms with Crippen LogP contribution >= 0.6 is 0 Å². The minimum absolute atomic E-state index is 0.0236. The van der Waals surface area contributed by atoms with Gasteiger partial charge in [0.1, 0.15) is 0 Å². The third-order valence-corrected chi connectivity index (χ3v) is 7.14. The largest absolute Gasteiger partial charge is 0.481 e. The number of carbonyl (C=O) groups excluding carboxylic acids is 3. The van der Waals surface area contributed by atoms with Crippen molar-refractivity contribution in [2.75, 3.05) is 72.6 Å². The number of aliphatic carboxylic acids is 1. The van der Waals surface area contributed by atoms with Crippen LogP contribution in [-0.2, 0) is 42.9 Å². The SMILES string of the molecule is CCCCCCCCCCCCCCCCOC(=O)CCNC(=O)CCC(=O)NCCOCCOCCOCCOCCC(=O)O. The van der Waals surface area contributed by atoms with Crippen LogP contribution in [-0.4, -0.2) is 101 Å². The summed E-state index contributed by atoms with van der Waals surface area (Å²) in [5.74, 6) is -1.73. The minimum Gasteiger partial charge on any atom is -0.481 e. The molecule has 0 atom stereocenters. The van der Waals surface area contributed by atoms with Gasteiger partial charge in [-0.1, -0.05) is 90.4 Å². The molecule has 0 aliphatic carbocycles. The minimum atomic E-state index is -0.892. The predicted molar refractivity (Wildman–Crippen MR) is 177 cm³/mol. The molecule has 46 heavy (non-hydrogen) atoms. The molecule has 270 valence electrons. The molecule has 0 radical (unpaired) electrons. The van der Waals surface area contributed by atoms with E-state index in [4.69, 9.17) is 28.8 Å². The number of hydrogen-bond donors (Lipinski definition) is 3. The maximum atomic E-state index is 11.9. The fourth-order valence-electron chi connectivity index (χ4n) is 4.45. The van der Waals surface area contributed by atoms with Gasteiger partial charge in [-0.3, -0.25) is 19.2 Å². The Kier molecular flexibility index (Phi) is 33.8. The van der Waals surface area contributed by atoms with Crippen LogP contribution in [0.1, 0.15) is 122 Å². The van der Waals surface area contributed by atoms with Gasteiger partial charge in [-0.05, 0) is 6.42 Å². The molecule has 12 heteroatoms. The molecule has 0 unspecified atom stereocenters. The summed E-state index contributed by atoms with van der Waals surface area (Å²) >= 11 is 0. The van der Waals surface area contributed by atoms with E-state index in [9.17, 15) is 19.2 Å². The monoisotopic (exact) mass is 660 g/mol. The molecule has 0 heterocycles. The van der Waals surface area contributed by atoms with Gasteiger partial charge in [-0.15, -0.1) is 0 Å². The number of carboxylic acid groups (broad SMARTS) is 1. The van der Waals surface area contributed by atoms with Gasteiger partial charge < -0.3 is 39.4 Å². The molecule has 12 nitrogen and oxygen atoms in total. The lowest BCUT2D eigenvalue weighted by molar-refractivity contribution is -0.143. The zero-order chi connectivity index (χ0) is 33.8. The van der Waals surface area contributed by atoms with E-state index in [1.807, 2.05) is 0 Å². The normalized spacial score (nSPS) is 11.0. The molecule has 0 aliphatic rings. The van der Waals surface area contributed by atoms with E-state index in [0.717, 1.165) is 12.8 Å². The Labute approximate surface area is 277 Å². The van der Waals surface area contributed by atoms with Gasteiger partial charge in [0.25, 0.3) is 0 Å². The van der Waals surface area contributed by atoms with Crippen molar-refractivity contribution in [2.24, 2.45) is 0 Å². The molecular weight excluding hydrogens is 596 g/mol. The number of hydrogen-bond acceptors (Lipinski definition) is 9. The average Bonchev–Trinajstić information content (AvgIpc) is 3.03. The zero-order valence-corrected chi connectivity index (χ0v) is 28.6. The first-order valence-corrected chi connectivity index (χ1v) is 17.7. The molecule has 0 spiro atoms. The van der Waals surface area contributed by atoms with Crippen LogP contribution in [0.25, 0.3) is 0 Å². The lowest BCUT2D eigenvalue weighted by Crippen LogP contribution is -2.31. The van der Waals surface area contributed by atoms with E-state index in [2.05, 4.69) is 17.6 Å². The summed E-state index contributed by atoms with van der Waals surface area (Å²) in [4.78, 5) is 46.1. The van der Waals surface area contributed by atoms with Crippen molar-refractivity contribution in [3.05, 3.63) is 0 Å². The van der Waals surface area contributed by atoms with Crippen molar-refractivity contribution in [1.82, 2.24) is 10.6 Å². The van der Waals surface area contributed by atoms with E-state index in [1.165, 1.54) is 77.0 Å². The van der Waals surface area contributed by atoms with Crippen LogP contribution in [0.3, 0.4) is 0 Å². The lowest BCUT2D eigenvalue weighted by atomic mass is 10.0. The standard InChI is InChI=1S/C34H64N2O10/c1-2-3-4-5-6-7-8-9-10-11-12-13-14-15-22-46-34(41)18-20-35-31(37)16-17-32(38)36-21-24-43-26-28-45-30-29-44-27-25-42-23-19-33(39)40/h2-30H2,1H3,(H,35,37)(H,36,38)(H,39,40). The summed E-state index contributed by atoms with van der Waals surface area (Å²) in [6, 6.07) is 0. The molecule has 0 rings (SSSR count). The number of unbranched alkanes of at least 4 members (excludes halogenated alkanes) is 13. The summed E-state index contributed by atoms with van der Waals surface area (Å²) < 4.78 is 26.4. The second-order valence-corrected chi connectivity index (χ2v) is 11.4. The maximum Gasteiger partial charge on any atom is 0.307 e. The van der Waals surface area contributed by atoms with Crippen molar-refractivity contribution in [1.29, 1.82) is 0 Å². The summed E-state index contributed by atoms with van der Waals surface area (Å²) in [7, 11) is 0. The van der Waals surface area contributed by atoms with Crippen LogP contribution in [0.4, 0.5) is 0 Å². The molecule has 0 aromatic heterocycles. The van der Waals surface area contributed by atoms with Crippen molar-refractivity contribution in [3.63, 3.8) is 0 Å². The van der Waals surface area contributed by atoms with E-state index in [-0.39, 0.29) is 56.6 Å². The molecule has 3 N–H and O–H groups in total. The van der Waals surface area contributed by atoms with Crippen molar-refractivity contribution >= 4 is 23.8 Å². The smallest absolute Gasteiger partial charge is 0.307 e. The Morgan fingerprint density at radius 2 is 0.870 bits per heavy atom. The number of esters is 1. The van der Waals surface area contributed by atoms with Gasteiger partial charge >= 0.3 is 11.9 Å². The zero-order valence-electron chi connectivity index (χ0n) is 28.6. The van der Waals surface area contributed by atoms with Crippen molar-refractivity contribution in [3.8, 4) is 0 Å². The van der Waals surface area contributed by atoms with E-state index >= 15 is 0 Å². The molecule has 0 aromatic carbocycles. The molecule has 0 aliphatic heterocycles. The highest BCUT2D eigenvalue weighted by Crippen LogP contribution is 2.13. The number of ether oxygens (including phenoxy) is 5. The van der Waals surface area contributed by atoms with Gasteiger partial charge in [-0.25, -0.2) is 0 Å². The first kappa shape index (κ1) is 43.7. The number of amides is 2. The first-order chi connectivity index (χ1) is 22.5. The molecule has 0 saturated carbocycles. The van der Waals surface area contributed by atoms with E-state index in [0.29, 0.717) is 59.4 Å². The average molecular weight is 661 g/mol. The summed E-state index contributed by atoms with van der Waals surface area (Å²) in [6.07, 6.45) is 18.1. The number of carbonyl (C=O) groups is 4. The quantitative estimate of drug-likeness (QED) is 0.0620. The Balaban J connectivity index is 3.38. The first-order valence-electron chi connectivity index (χ1n) is 17.7. The van der Waals surface area contributed by atoms with Gasteiger partial charge in [-0.2, -0.15) is 0 Å². The Morgan fingerprint density at radius 3 is 1.35 bits per heavy atom. The van der Waals surface area contributed by atoms with E-state index < -0.39 is 5.97 Å². The van der Waals surface area contributed by atoms with Gasteiger partial charge in [0.05, 0.1) is 72.3 Å². The predicted octanol–water partition coefficient (Wildman–Crippen LogP) is 4.95. The summed E-state index contributed by atoms with van der Waals surface area (Å²) in [5, 5.41) is 13.8. The highest BCUT2D eigenvalue weighted by atomic mass is 16.6. The Hall–Kier alpha value is -2.28. The highest BCUT2D eigenvalue weighted by molar-refractivity contribution is 5.83. The maximum absolute atomic E-state index is 11.9. The molecular formula is C34H64N2O10. The van der Waals surface area contributed by atoms with Crippen LogP contribution in [0.5, 0.6) is 0 Å². The van der Waals surface area contributed by atoms with Crippen LogP contribution in [0, 0.1) is 0 Å². The topological polar surface area (TPSA) is 159 Å². The molecule has 0 fully saturated rings. The number of nitrogens with one attached hydrogen (secondary N) is 2. The summed E-state index contributed by atoms with van der Waals surface area (Å²) in [6.45, 7) is 5.97. The van der Waals surface area contributed by atoms with Gasteiger partial charge in [0.2, 0.25) is 11.8 Å². The van der Waals surface area contributed by atoms with E-state index in [1.54, 1.807) is 0 Å². The van der Waals surface area contributed by atoms with Gasteiger partial charge in [0.15, 0.2) is 0 Å². The Morgan fingerprint density at radius 1 is 0.457 bits per heavy atom. The number of rotatable bonds is 36. The van der Waals surface area contributed by atoms with Crippen LogP contribution in [0.15, 0.2) is 0 Å². The van der Waals surface area contributed by atoms with Gasteiger partial charge in [0, 0.05) is 25.9 Å². The molecule has 2 amide bonds. The van der Waals surface area contributed by atoms with Crippen molar-refractivity contribution < 1.29 is 48.0 Å². The third kappa shape index (κ3) is 36.2. The molecule has 0 aromatic rings. The fourth-order valence-corrected chi connectivity index (χ4v) is 4.45. The second kappa shape index (κ2) is 35.6. The molecule has 0 bridgehead atoms. The van der Waals surface area contributed by atoms with Crippen LogP contribution < -0.4 is 10.6 Å². The number of carboxylic acids is 1. The highest BCUT2D eigenvalue weighted by Gasteiger charge is 2.08. The fraction of sp³-hybridized carbons (Fsp3) is 0.882. The Bertz CT molecular complexity index is 739. The summed E-state index contributed by atoms with van der Waals surface area (Å²) in [5.41, 5.74) is 0. The third-order valence-electron chi connectivity index (χ3n) is 7.14.